The zero-order valence-electron chi connectivity index (χ0n) is 17.9. The molecule has 30 heavy (non-hydrogen) atoms. The maximum absolute atomic E-state index is 12.6. The van der Waals surface area contributed by atoms with E-state index < -0.39 is 30.4 Å². The Morgan fingerprint density at radius 3 is 2.37 bits per heavy atom. The van der Waals surface area contributed by atoms with E-state index in [0.29, 0.717) is 17.0 Å². The van der Waals surface area contributed by atoms with Gasteiger partial charge in [-0.1, -0.05) is 38.1 Å². The van der Waals surface area contributed by atoms with Crippen LogP contribution in [0.15, 0.2) is 42.5 Å². The molecule has 0 unspecified atom stereocenters. The highest BCUT2D eigenvalue weighted by molar-refractivity contribution is 5.99. The second-order valence-electron chi connectivity index (χ2n) is 7.30. The third-order valence-corrected chi connectivity index (χ3v) is 4.78. The molecule has 0 heterocycles. The van der Waals surface area contributed by atoms with Crippen LogP contribution in [-0.2, 0) is 14.3 Å². The van der Waals surface area contributed by atoms with E-state index in [1.807, 2.05) is 26.0 Å². The van der Waals surface area contributed by atoms with Crippen molar-refractivity contribution in [3.8, 4) is 5.75 Å². The standard InChI is InChI=1S/C23H28N2O5/c1-14(2)21(25-22(27)17-10-6-7-12-19(17)29-5)23(28)30-13-20(26)24-18-11-8-9-15(3)16(18)4/h6-12,14,21H,13H2,1-5H3,(H,24,26)(H,25,27)/t21-/m0/s1. The number of esters is 1. The maximum atomic E-state index is 12.6. The van der Waals surface area contributed by atoms with Crippen LogP contribution in [0, 0.1) is 19.8 Å². The lowest BCUT2D eigenvalue weighted by molar-refractivity contribution is -0.150. The average Bonchev–Trinajstić information content (AvgIpc) is 2.73. The lowest BCUT2D eigenvalue weighted by Crippen LogP contribution is -2.46. The first-order valence-electron chi connectivity index (χ1n) is 9.71. The Morgan fingerprint density at radius 2 is 1.70 bits per heavy atom. The molecular weight excluding hydrogens is 384 g/mol. The monoisotopic (exact) mass is 412 g/mol. The highest BCUT2D eigenvalue weighted by atomic mass is 16.5. The fourth-order valence-corrected chi connectivity index (χ4v) is 2.85. The quantitative estimate of drug-likeness (QED) is 0.649. The van der Waals surface area contributed by atoms with Gasteiger partial charge in [0.25, 0.3) is 11.8 Å². The molecule has 2 rings (SSSR count). The Balaban J connectivity index is 1.99. The number of methoxy groups -OCH3 is 1. The maximum Gasteiger partial charge on any atom is 0.329 e. The van der Waals surface area contributed by atoms with Crippen molar-refractivity contribution in [3.05, 3.63) is 59.2 Å². The number of rotatable bonds is 8. The summed E-state index contributed by atoms with van der Waals surface area (Å²) in [5.74, 6) is -1.42. The third kappa shape index (κ3) is 5.83. The molecule has 160 valence electrons. The SMILES string of the molecule is COc1ccccc1C(=O)N[C@H](C(=O)OCC(=O)Nc1cccc(C)c1C)C(C)C. The number of ether oxygens (including phenoxy) is 2. The van der Waals surface area contributed by atoms with Crippen LogP contribution in [0.1, 0.15) is 35.3 Å². The Hall–Kier alpha value is -3.35. The fourth-order valence-electron chi connectivity index (χ4n) is 2.85. The normalized spacial score (nSPS) is 11.5. The zero-order chi connectivity index (χ0) is 22.3. The minimum absolute atomic E-state index is 0.238. The van der Waals surface area contributed by atoms with Gasteiger partial charge in [0.05, 0.1) is 12.7 Å². The first-order valence-corrected chi connectivity index (χ1v) is 9.71. The predicted octanol–water partition coefficient (Wildman–Crippen LogP) is 3.25. The van der Waals surface area contributed by atoms with Gasteiger partial charge in [-0.2, -0.15) is 0 Å². The number of para-hydroxylation sites is 1. The van der Waals surface area contributed by atoms with Crippen LogP contribution >= 0.6 is 0 Å². The van der Waals surface area contributed by atoms with Gasteiger partial charge in [-0.05, 0) is 49.1 Å². The Kier molecular flexibility index (Phi) is 7.98. The molecule has 0 saturated heterocycles. The first-order chi connectivity index (χ1) is 14.2. The first kappa shape index (κ1) is 22.9. The van der Waals surface area contributed by atoms with E-state index in [-0.39, 0.29) is 5.92 Å². The molecule has 0 aliphatic rings. The van der Waals surface area contributed by atoms with E-state index in [9.17, 15) is 14.4 Å². The van der Waals surface area contributed by atoms with Crippen molar-refractivity contribution in [3.63, 3.8) is 0 Å². The Labute approximate surface area is 176 Å². The van der Waals surface area contributed by atoms with Gasteiger partial charge < -0.3 is 20.1 Å². The molecule has 0 fully saturated rings. The van der Waals surface area contributed by atoms with Gasteiger partial charge in [0.2, 0.25) is 0 Å². The Morgan fingerprint density at radius 1 is 1.00 bits per heavy atom. The number of nitrogens with one attached hydrogen (secondary N) is 2. The summed E-state index contributed by atoms with van der Waals surface area (Å²) in [6, 6.07) is 11.4. The van der Waals surface area contributed by atoms with E-state index in [2.05, 4.69) is 10.6 Å². The number of hydrogen-bond acceptors (Lipinski definition) is 5. The largest absolute Gasteiger partial charge is 0.496 e. The summed E-state index contributed by atoms with van der Waals surface area (Å²) in [6.07, 6.45) is 0. The van der Waals surface area contributed by atoms with Crippen LogP contribution in [0.2, 0.25) is 0 Å². The van der Waals surface area contributed by atoms with Gasteiger partial charge in [-0.3, -0.25) is 9.59 Å². The number of anilines is 1. The van der Waals surface area contributed by atoms with Crippen LogP contribution in [0.5, 0.6) is 5.75 Å². The average molecular weight is 412 g/mol. The fraction of sp³-hybridized carbons (Fsp3) is 0.348. The van der Waals surface area contributed by atoms with E-state index in [1.54, 1.807) is 44.2 Å². The molecule has 0 aliphatic heterocycles. The van der Waals surface area contributed by atoms with Crippen LogP contribution in [0.4, 0.5) is 5.69 Å². The van der Waals surface area contributed by atoms with Gasteiger partial charge in [-0.25, -0.2) is 4.79 Å². The van der Waals surface area contributed by atoms with Crippen LogP contribution in [0.3, 0.4) is 0 Å². The topological polar surface area (TPSA) is 93.7 Å². The zero-order valence-corrected chi connectivity index (χ0v) is 17.9. The molecule has 0 spiro atoms. The molecule has 0 radical (unpaired) electrons. The highest BCUT2D eigenvalue weighted by Gasteiger charge is 2.27. The molecule has 1 atom stereocenters. The van der Waals surface area contributed by atoms with Gasteiger partial charge in [0.1, 0.15) is 11.8 Å². The summed E-state index contributed by atoms with van der Waals surface area (Å²) >= 11 is 0. The molecule has 2 N–H and O–H groups in total. The van der Waals surface area contributed by atoms with Crippen molar-refractivity contribution in [1.29, 1.82) is 0 Å². The van der Waals surface area contributed by atoms with E-state index in [4.69, 9.17) is 9.47 Å². The molecule has 2 amide bonds. The molecule has 0 aliphatic carbocycles. The van der Waals surface area contributed by atoms with Crippen LogP contribution in [0.25, 0.3) is 0 Å². The van der Waals surface area contributed by atoms with E-state index in [1.165, 1.54) is 7.11 Å². The number of amides is 2. The number of carbonyl (C=O) groups excluding carboxylic acids is 3. The van der Waals surface area contributed by atoms with Crippen molar-refractivity contribution in [2.45, 2.75) is 33.7 Å². The van der Waals surface area contributed by atoms with Gasteiger partial charge in [0, 0.05) is 5.69 Å². The molecule has 0 bridgehead atoms. The van der Waals surface area contributed by atoms with Crippen molar-refractivity contribution in [2.24, 2.45) is 5.92 Å². The van der Waals surface area contributed by atoms with E-state index >= 15 is 0 Å². The Bertz CT molecular complexity index is 924. The summed E-state index contributed by atoms with van der Waals surface area (Å²) in [5.41, 5.74) is 2.97. The summed E-state index contributed by atoms with van der Waals surface area (Å²) in [6.45, 7) is 6.97. The number of benzene rings is 2. The third-order valence-electron chi connectivity index (χ3n) is 4.78. The summed E-state index contributed by atoms with van der Waals surface area (Å²) < 4.78 is 10.4. The van der Waals surface area contributed by atoms with E-state index in [0.717, 1.165) is 11.1 Å². The number of hydrogen-bond donors (Lipinski definition) is 2. The molecule has 7 nitrogen and oxygen atoms in total. The van der Waals surface area contributed by atoms with Crippen molar-refractivity contribution < 1.29 is 23.9 Å². The van der Waals surface area contributed by atoms with Crippen molar-refractivity contribution in [2.75, 3.05) is 19.0 Å². The van der Waals surface area contributed by atoms with Gasteiger partial charge in [0.15, 0.2) is 6.61 Å². The second-order valence-corrected chi connectivity index (χ2v) is 7.30. The smallest absolute Gasteiger partial charge is 0.329 e. The summed E-state index contributed by atoms with van der Waals surface area (Å²) in [7, 11) is 1.47. The van der Waals surface area contributed by atoms with Crippen LogP contribution < -0.4 is 15.4 Å². The highest BCUT2D eigenvalue weighted by Crippen LogP contribution is 2.19. The van der Waals surface area contributed by atoms with Crippen molar-refractivity contribution in [1.82, 2.24) is 5.32 Å². The molecule has 7 heteroatoms. The predicted molar refractivity (Wildman–Crippen MR) is 115 cm³/mol. The van der Waals surface area contributed by atoms with Gasteiger partial charge >= 0.3 is 5.97 Å². The minimum atomic E-state index is -0.907. The lowest BCUT2D eigenvalue weighted by atomic mass is 10.0. The minimum Gasteiger partial charge on any atom is -0.496 e. The number of aryl methyl sites for hydroxylation is 1. The summed E-state index contributed by atoms with van der Waals surface area (Å²) in [4.78, 5) is 37.4. The van der Waals surface area contributed by atoms with Crippen LogP contribution in [-0.4, -0.2) is 37.5 Å². The second kappa shape index (κ2) is 10.4. The molecule has 2 aromatic carbocycles. The van der Waals surface area contributed by atoms with Crippen molar-refractivity contribution >= 4 is 23.5 Å². The summed E-state index contributed by atoms with van der Waals surface area (Å²) in [5, 5.41) is 5.41. The molecule has 0 aromatic heterocycles. The molecular formula is C23H28N2O5. The molecule has 0 saturated carbocycles. The van der Waals surface area contributed by atoms with Gasteiger partial charge in [-0.15, -0.1) is 0 Å². The lowest BCUT2D eigenvalue weighted by Gasteiger charge is -2.21. The number of carbonyl (C=O) groups is 3. The molecule has 2 aromatic rings.